The second-order valence-electron chi connectivity index (χ2n) is 7.59. The second-order valence-corrected chi connectivity index (χ2v) is 9.31. The lowest BCUT2D eigenvalue weighted by Crippen LogP contribution is -2.14. The summed E-state index contributed by atoms with van der Waals surface area (Å²) >= 11 is 13.5. The Labute approximate surface area is 208 Å². The summed E-state index contributed by atoms with van der Waals surface area (Å²) in [6.45, 7) is 1.83. The predicted octanol–water partition coefficient (Wildman–Crippen LogP) is 5.18. The highest BCUT2D eigenvalue weighted by molar-refractivity contribution is 7.21. The van der Waals surface area contributed by atoms with E-state index in [4.69, 9.17) is 27.9 Å². The first kappa shape index (κ1) is 22.5. The van der Waals surface area contributed by atoms with E-state index >= 15 is 0 Å². The number of methoxy groups -OCH3 is 1. The molecule has 0 aliphatic heterocycles. The summed E-state index contributed by atoms with van der Waals surface area (Å²) < 4.78 is 5.42. The maximum atomic E-state index is 13.2. The Hall–Kier alpha value is -3.32. The molecule has 8 nitrogen and oxygen atoms in total. The largest absolute Gasteiger partial charge is 0.494 e. The number of carbonyl (C=O) groups is 1. The van der Waals surface area contributed by atoms with Crippen LogP contribution in [0, 0.1) is 24.7 Å². The van der Waals surface area contributed by atoms with E-state index in [0.717, 1.165) is 18.5 Å². The van der Waals surface area contributed by atoms with E-state index in [1.54, 1.807) is 12.1 Å². The minimum absolute atomic E-state index is 0.190. The zero-order chi connectivity index (χ0) is 23.8. The molecule has 4 aromatic heterocycles. The molecule has 4 aromatic rings. The van der Waals surface area contributed by atoms with Crippen molar-refractivity contribution in [2.75, 3.05) is 12.4 Å². The lowest BCUT2D eigenvalue weighted by Gasteiger charge is -2.13. The number of thiazole rings is 1. The summed E-state index contributed by atoms with van der Waals surface area (Å²) in [5, 5.41) is 3.60. The summed E-state index contributed by atoms with van der Waals surface area (Å²) in [6, 6.07) is 3.43. The van der Waals surface area contributed by atoms with Crippen LogP contribution >= 0.6 is 34.5 Å². The Morgan fingerprint density at radius 3 is 2.74 bits per heavy atom. The van der Waals surface area contributed by atoms with Crippen molar-refractivity contribution in [2.24, 2.45) is 5.92 Å². The van der Waals surface area contributed by atoms with Crippen molar-refractivity contribution in [1.82, 2.24) is 24.9 Å². The molecule has 1 N–H and O–H groups in total. The van der Waals surface area contributed by atoms with Crippen molar-refractivity contribution in [2.45, 2.75) is 19.8 Å². The van der Waals surface area contributed by atoms with Crippen LogP contribution in [-0.4, -0.2) is 37.9 Å². The van der Waals surface area contributed by atoms with Gasteiger partial charge in [0.2, 0.25) is 0 Å². The topological polar surface area (TPSA) is 103 Å². The first-order valence-corrected chi connectivity index (χ1v) is 11.8. The van der Waals surface area contributed by atoms with Crippen molar-refractivity contribution >= 4 is 56.1 Å². The third-order valence-corrected chi connectivity index (χ3v) is 6.35. The van der Waals surface area contributed by atoms with Gasteiger partial charge in [0.25, 0.3) is 5.91 Å². The van der Waals surface area contributed by atoms with Gasteiger partial charge in [-0.15, -0.1) is 0 Å². The Kier molecular flexibility index (Phi) is 6.04. The molecular weight excluding hydrogens is 495 g/mol. The number of rotatable bonds is 4. The van der Waals surface area contributed by atoms with E-state index in [1.165, 1.54) is 30.8 Å². The maximum Gasteiger partial charge on any atom is 0.259 e. The molecule has 0 unspecified atom stereocenters. The smallest absolute Gasteiger partial charge is 0.259 e. The standard InChI is InChI=1S/C23H16Cl2N6O2S/c1-11-7-13(14-8-18(24)27-10-17(14)33-2)15(9-26-11)21(32)31-23-30-20-22(34-23)28-16(19(25)29-20)6-5-12-3-4-12/h7-10,12H,3-4H2,1-2H3,(H,29,30,31,32). The van der Waals surface area contributed by atoms with Crippen LogP contribution in [0.4, 0.5) is 5.13 Å². The first-order valence-electron chi connectivity index (χ1n) is 10.2. The fourth-order valence-corrected chi connectivity index (χ4v) is 4.30. The predicted molar refractivity (Wildman–Crippen MR) is 132 cm³/mol. The summed E-state index contributed by atoms with van der Waals surface area (Å²) in [7, 11) is 1.53. The number of aryl methyl sites for hydroxylation is 1. The Morgan fingerprint density at radius 1 is 1.15 bits per heavy atom. The molecule has 0 radical (unpaired) electrons. The summed E-state index contributed by atoms with van der Waals surface area (Å²) in [6.07, 6.45) is 5.21. The number of hydrogen-bond donors (Lipinski definition) is 1. The fraction of sp³-hybridized carbons (Fsp3) is 0.217. The number of hydrogen-bond acceptors (Lipinski definition) is 8. The molecule has 11 heteroatoms. The van der Waals surface area contributed by atoms with Gasteiger partial charge in [0.05, 0.1) is 18.9 Å². The Morgan fingerprint density at radius 2 is 1.97 bits per heavy atom. The number of anilines is 1. The number of halogens is 2. The zero-order valence-corrected chi connectivity index (χ0v) is 20.3. The second kappa shape index (κ2) is 9.14. The van der Waals surface area contributed by atoms with Crippen molar-refractivity contribution in [1.29, 1.82) is 0 Å². The molecule has 1 amide bonds. The van der Waals surface area contributed by atoms with Gasteiger partial charge < -0.3 is 4.74 Å². The van der Waals surface area contributed by atoms with Gasteiger partial charge in [-0.2, -0.15) is 4.98 Å². The van der Waals surface area contributed by atoms with Crippen LogP contribution in [0.15, 0.2) is 24.5 Å². The van der Waals surface area contributed by atoms with Gasteiger partial charge >= 0.3 is 0 Å². The summed E-state index contributed by atoms with van der Waals surface area (Å²) in [5.41, 5.74) is 3.02. The average molecular weight is 511 g/mol. The number of carbonyl (C=O) groups excluding carboxylic acids is 1. The molecule has 1 fully saturated rings. The van der Waals surface area contributed by atoms with E-state index in [0.29, 0.717) is 49.7 Å². The number of nitrogens with one attached hydrogen (secondary N) is 1. The van der Waals surface area contributed by atoms with E-state index in [1.807, 2.05) is 6.92 Å². The van der Waals surface area contributed by atoms with Gasteiger partial charge in [-0.25, -0.2) is 15.0 Å². The lowest BCUT2D eigenvalue weighted by atomic mass is 10.0. The first-order chi connectivity index (χ1) is 16.4. The third kappa shape index (κ3) is 4.66. The molecule has 0 spiro atoms. The van der Waals surface area contributed by atoms with Crippen LogP contribution in [0.2, 0.25) is 10.3 Å². The van der Waals surface area contributed by atoms with Crippen LogP contribution in [0.3, 0.4) is 0 Å². The highest BCUT2D eigenvalue weighted by atomic mass is 35.5. The zero-order valence-electron chi connectivity index (χ0n) is 18.0. The number of aromatic nitrogens is 5. The summed E-state index contributed by atoms with van der Waals surface area (Å²) in [5.74, 6) is 6.60. The molecule has 170 valence electrons. The third-order valence-electron chi connectivity index (χ3n) is 5.03. The van der Waals surface area contributed by atoms with Gasteiger partial charge in [0.15, 0.2) is 26.5 Å². The number of pyridine rings is 2. The summed E-state index contributed by atoms with van der Waals surface area (Å²) in [4.78, 5) is 35.2. The van der Waals surface area contributed by atoms with Gasteiger partial charge in [-0.1, -0.05) is 40.5 Å². The molecule has 0 saturated heterocycles. The van der Waals surface area contributed by atoms with Crippen molar-refractivity contribution < 1.29 is 9.53 Å². The lowest BCUT2D eigenvalue weighted by molar-refractivity contribution is 0.102. The molecule has 1 aliphatic rings. The Balaban J connectivity index is 1.48. The molecule has 4 heterocycles. The maximum absolute atomic E-state index is 13.2. The minimum Gasteiger partial charge on any atom is -0.494 e. The molecule has 1 aliphatic carbocycles. The van der Waals surface area contributed by atoms with Crippen LogP contribution in [0.5, 0.6) is 5.75 Å². The number of nitrogens with zero attached hydrogens (tertiary/aromatic N) is 5. The molecule has 5 rings (SSSR count). The monoisotopic (exact) mass is 510 g/mol. The van der Waals surface area contributed by atoms with Crippen LogP contribution < -0.4 is 10.1 Å². The number of ether oxygens (including phenoxy) is 1. The molecule has 0 bridgehead atoms. The SMILES string of the molecule is COc1cnc(Cl)cc1-c1cc(C)ncc1C(=O)Nc1nc2nc(Cl)c(C#CC3CC3)nc2s1. The van der Waals surface area contributed by atoms with Crippen LogP contribution in [0.25, 0.3) is 21.6 Å². The molecule has 34 heavy (non-hydrogen) atoms. The van der Waals surface area contributed by atoms with Crippen molar-refractivity contribution in [3.63, 3.8) is 0 Å². The minimum atomic E-state index is -0.406. The van der Waals surface area contributed by atoms with Crippen molar-refractivity contribution in [3.8, 4) is 28.7 Å². The fourth-order valence-electron chi connectivity index (χ4n) is 3.19. The molecular formula is C23H16Cl2N6O2S. The highest BCUT2D eigenvalue weighted by Gasteiger charge is 2.21. The van der Waals surface area contributed by atoms with Gasteiger partial charge in [-0.3, -0.25) is 15.1 Å². The highest BCUT2D eigenvalue weighted by Crippen LogP contribution is 2.34. The van der Waals surface area contributed by atoms with Crippen LogP contribution in [0.1, 0.15) is 34.6 Å². The normalized spacial score (nSPS) is 12.8. The van der Waals surface area contributed by atoms with Crippen LogP contribution in [-0.2, 0) is 0 Å². The molecule has 0 atom stereocenters. The quantitative estimate of drug-likeness (QED) is 0.298. The average Bonchev–Trinajstić information content (AvgIpc) is 3.56. The Bertz CT molecular complexity index is 1510. The van der Waals surface area contributed by atoms with Crippen molar-refractivity contribution in [3.05, 3.63) is 51.8 Å². The van der Waals surface area contributed by atoms with E-state index in [2.05, 4.69) is 42.1 Å². The van der Waals surface area contributed by atoms with E-state index in [-0.39, 0.29) is 10.3 Å². The van der Waals surface area contributed by atoms with E-state index < -0.39 is 5.91 Å². The number of fused-ring (bicyclic) bond motifs is 1. The van der Waals surface area contributed by atoms with Gasteiger partial charge in [-0.05, 0) is 37.8 Å². The van der Waals surface area contributed by atoms with E-state index in [9.17, 15) is 4.79 Å². The van der Waals surface area contributed by atoms with Gasteiger partial charge in [0, 0.05) is 28.9 Å². The molecule has 0 aromatic carbocycles. The number of amides is 1. The van der Waals surface area contributed by atoms with Gasteiger partial charge in [0.1, 0.15) is 10.9 Å². The molecule has 1 saturated carbocycles.